The molecular weight excluding hydrogens is 405 g/mol. The van der Waals surface area contributed by atoms with E-state index in [1.54, 1.807) is 18.2 Å². The fraction of sp³-hybridized carbons (Fsp3) is 0.267. The highest BCUT2D eigenvalue weighted by Crippen LogP contribution is 2.31. The summed E-state index contributed by atoms with van der Waals surface area (Å²) in [5, 5.41) is 5.32. The lowest BCUT2D eigenvalue weighted by molar-refractivity contribution is -0.120. The van der Waals surface area contributed by atoms with Crippen LogP contribution in [0.25, 0.3) is 0 Å². The van der Waals surface area contributed by atoms with Crippen molar-refractivity contribution in [2.45, 2.75) is 18.5 Å². The molecule has 0 spiro atoms. The van der Waals surface area contributed by atoms with Crippen LogP contribution in [-0.4, -0.2) is 31.7 Å². The minimum absolute atomic E-state index is 0.316. The molecule has 1 amide bonds. The Bertz CT molecular complexity index is 867. The van der Waals surface area contributed by atoms with Gasteiger partial charge in [-0.25, -0.2) is 0 Å². The van der Waals surface area contributed by atoms with Crippen LogP contribution >= 0.6 is 34.5 Å². The van der Waals surface area contributed by atoms with E-state index in [1.165, 1.54) is 18.4 Å². The Balaban J connectivity index is 1.84. The predicted octanol–water partition coefficient (Wildman–Crippen LogP) is 3.27. The number of nitrogens with one attached hydrogen (secondary N) is 2. The highest BCUT2D eigenvalue weighted by molar-refractivity contribution is 7.87. The Morgan fingerprint density at radius 2 is 2.00 bits per heavy atom. The smallest absolute Gasteiger partial charge is 0.280 e. The number of likely N-dealkylation sites (N-methyl/N-ethyl adjacent to an activating group) is 1. The van der Waals surface area contributed by atoms with Gasteiger partial charge in [0.2, 0.25) is 5.91 Å². The van der Waals surface area contributed by atoms with Crippen molar-refractivity contribution >= 4 is 56.3 Å². The summed E-state index contributed by atoms with van der Waals surface area (Å²) in [7, 11) is -2.39. The molecule has 0 radical (unpaired) electrons. The molecule has 1 aromatic heterocycles. The summed E-state index contributed by atoms with van der Waals surface area (Å²) in [6.45, 7) is 0. The van der Waals surface area contributed by atoms with E-state index in [0.717, 1.165) is 9.18 Å². The topological polar surface area (TPSA) is 78.5 Å². The standard InChI is InChI=1S/C15H15Cl2N3O3S2/c1-20-13(15(21)18-11-6-9(16)5-10(17)7-11)8-12(19-25(20,22)23)14-3-2-4-24-14/h2-7,12-13,19H,8H2,1H3,(H,18,21)/t12-,13+/m0/s1. The van der Waals surface area contributed by atoms with Gasteiger partial charge in [-0.2, -0.15) is 17.4 Å². The van der Waals surface area contributed by atoms with Gasteiger partial charge in [-0.05, 0) is 36.1 Å². The van der Waals surface area contributed by atoms with E-state index in [2.05, 4.69) is 10.0 Å². The lowest BCUT2D eigenvalue weighted by Gasteiger charge is -2.35. The monoisotopic (exact) mass is 419 g/mol. The summed E-state index contributed by atoms with van der Waals surface area (Å²) < 4.78 is 28.4. The van der Waals surface area contributed by atoms with Crippen LogP contribution in [0.2, 0.25) is 10.0 Å². The van der Waals surface area contributed by atoms with Gasteiger partial charge in [-0.15, -0.1) is 11.3 Å². The average Bonchev–Trinajstić information content (AvgIpc) is 3.02. The predicted molar refractivity (Wildman–Crippen MR) is 100 cm³/mol. The van der Waals surface area contributed by atoms with Crippen molar-refractivity contribution in [1.82, 2.24) is 9.03 Å². The van der Waals surface area contributed by atoms with Crippen molar-refractivity contribution in [3.05, 3.63) is 50.6 Å². The minimum atomic E-state index is -3.76. The summed E-state index contributed by atoms with van der Waals surface area (Å²) in [5.41, 5.74) is 0.416. The molecule has 0 bridgehead atoms. The number of hydrogen-bond acceptors (Lipinski definition) is 4. The molecule has 1 aromatic carbocycles. The van der Waals surface area contributed by atoms with Gasteiger partial charge >= 0.3 is 0 Å². The third-order valence-electron chi connectivity index (χ3n) is 3.89. The highest BCUT2D eigenvalue weighted by atomic mass is 35.5. The first-order valence-electron chi connectivity index (χ1n) is 7.32. The Morgan fingerprint density at radius 3 is 2.60 bits per heavy atom. The van der Waals surface area contributed by atoms with Crippen LogP contribution in [-0.2, 0) is 15.0 Å². The van der Waals surface area contributed by atoms with Gasteiger partial charge in [0.25, 0.3) is 10.2 Å². The van der Waals surface area contributed by atoms with E-state index >= 15 is 0 Å². The molecule has 1 aliphatic rings. The molecule has 10 heteroatoms. The average molecular weight is 420 g/mol. The van der Waals surface area contributed by atoms with Gasteiger partial charge in [0.15, 0.2) is 0 Å². The number of carbonyl (C=O) groups excluding carboxylic acids is 1. The van der Waals surface area contributed by atoms with Crippen molar-refractivity contribution < 1.29 is 13.2 Å². The SMILES string of the molecule is CN1[C@@H](C(=O)Nc2cc(Cl)cc(Cl)c2)C[C@@H](c2cccs2)NS1(=O)=O. The number of thiophene rings is 1. The lowest BCUT2D eigenvalue weighted by atomic mass is 10.1. The Morgan fingerprint density at radius 1 is 1.32 bits per heavy atom. The fourth-order valence-electron chi connectivity index (χ4n) is 2.64. The second-order valence-electron chi connectivity index (χ2n) is 5.61. The quantitative estimate of drug-likeness (QED) is 0.800. The summed E-state index contributed by atoms with van der Waals surface area (Å²) in [5.74, 6) is -0.438. The van der Waals surface area contributed by atoms with Crippen LogP contribution in [0.1, 0.15) is 17.3 Å². The summed E-state index contributed by atoms with van der Waals surface area (Å²) in [6.07, 6.45) is 0.316. The zero-order valence-electron chi connectivity index (χ0n) is 13.1. The van der Waals surface area contributed by atoms with Crippen molar-refractivity contribution in [2.75, 3.05) is 12.4 Å². The van der Waals surface area contributed by atoms with E-state index in [1.807, 2.05) is 17.5 Å². The number of carbonyl (C=O) groups is 1. The number of amides is 1. The van der Waals surface area contributed by atoms with E-state index < -0.39 is 28.2 Å². The van der Waals surface area contributed by atoms with E-state index in [9.17, 15) is 13.2 Å². The first kappa shape index (κ1) is 18.6. The van der Waals surface area contributed by atoms with E-state index in [4.69, 9.17) is 23.2 Å². The molecule has 2 heterocycles. The lowest BCUT2D eigenvalue weighted by Crippen LogP contribution is -2.55. The van der Waals surface area contributed by atoms with Crippen LogP contribution in [0, 0.1) is 0 Å². The normalized spacial score (nSPS) is 23.3. The zero-order valence-corrected chi connectivity index (χ0v) is 16.2. The minimum Gasteiger partial charge on any atom is -0.325 e. The van der Waals surface area contributed by atoms with Gasteiger partial charge in [-0.1, -0.05) is 29.3 Å². The van der Waals surface area contributed by atoms with Crippen molar-refractivity contribution in [1.29, 1.82) is 0 Å². The summed E-state index contributed by atoms with van der Waals surface area (Å²) >= 11 is 13.3. The van der Waals surface area contributed by atoms with Crippen molar-refractivity contribution in [3.63, 3.8) is 0 Å². The molecule has 0 saturated carbocycles. The van der Waals surface area contributed by atoms with Gasteiger partial charge in [-0.3, -0.25) is 4.79 Å². The van der Waals surface area contributed by atoms with Crippen LogP contribution in [0.4, 0.5) is 5.69 Å². The summed E-state index contributed by atoms with van der Waals surface area (Å²) in [4.78, 5) is 13.5. The van der Waals surface area contributed by atoms with Gasteiger partial charge in [0.05, 0.1) is 6.04 Å². The zero-order chi connectivity index (χ0) is 18.2. The molecule has 0 aliphatic carbocycles. The molecule has 1 aliphatic heterocycles. The fourth-order valence-corrected chi connectivity index (χ4v) is 5.30. The Kier molecular flexibility index (Phi) is 5.38. The first-order valence-corrected chi connectivity index (χ1v) is 10.4. The Hall–Kier alpha value is -1.16. The molecule has 2 aromatic rings. The maximum atomic E-state index is 12.7. The van der Waals surface area contributed by atoms with Crippen LogP contribution in [0.15, 0.2) is 35.7 Å². The molecule has 2 atom stereocenters. The maximum Gasteiger partial charge on any atom is 0.280 e. The second kappa shape index (κ2) is 7.22. The number of anilines is 1. The van der Waals surface area contributed by atoms with Gasteiger partial charge < -0.3 is 5.32 Å². The highest BCUT2D eigenvalue weighted by Gasteiger charge is 2.40. The van der Waals surface area contributed by atoms with E-state index in [0.29, 0.717) is 22.2 Å². The molecular formula is C15H15Cl2N3O3S2. The maximum absolute atomic E-state index is 12.7. The summed E-state index contributed by atoms with van der Waals surface area (Å²) in [6, 6.07) is 7.04. The number of halogens is 2. The molecule has 2 N–H and O–H groups in total. The number of benzene rings is 1. The largest absolute Gasteiger partial charge is 0.325 e. The third-order valence-corrected chi connectivity index (χ3v) is 6.91. The molecule has 3 rings (SSSR count). The van der Waals surface area contributed by atoms with Crippen LogP contribution in [0.5, 0.6) is 0 Å². The number of hydrogen-bond donors (Lipinski definition) is 2. The second-order valence-corrected chi connectivity index (χ2v) is 9.22. The molecule has 0 unspecified atom stereocenters. The van der Waals surface area contributed by atoms with Crippen molar-refractivity contribution in [2.24, 2.45) is 0 Å². The molecule has 1 fully saturated rings. The third kappa shape index (κ3) is 4.16. The first-order chi connectivity index (χ1) is 11.8. The molecule has 6 nitrogen and oxygen atoms in total. The number of nitrogens with zero attached hydrogens (tertiary/aromatic N) is 1. The van der Waals surface area contributed by atoms with Gasteiger partial charge in [0, 0.05) is 27.7 Å². The molecule has 25 heavy (non-hydrogen) atoms. The van der Waals surface area contributed by atoms with Crippen LogP contribution < -0.4 is 10.0 Å². The Labute approximate surface area is 159 Å². The number of rotatable bonds is 3. The molecule has 1 saturated heterocycles. The van der Waals surface area contributed by atoms with E-state index in [-0.39, 0.29) is 0 Å². The van der Waals surface area contributed by atoms with Gasteiger partial charge in [0.1, 0.15) is 6.04 Å². The van der Waals surface area contributed by atoms with Crippen LogP contribution in [0.3, 0.4) is 0 Å². The van der Waals surface area contributed by atoms with Crippen molar-refractivity contribution in [3.8, 4) is 0 Å². The molecule has 134 valence electrons.